The van der Waals surface area contributed by atoms with Gasteiger partial charge in [0, 0.05) is 30.5 Å². The molecule has 2 fully saturated rings. The van der Waals surface area contributed by atoms with Gasteiger partial charge in [0.1, 0.15) is 28.6 Å². The summed E-state index contributed by atoms with van der Waals surface area (Å²) in [5.74, 6) is -1.40. The maximum Gasteiger partial charge on any atom is 0.344 e. The van der Waals surface area contributed by atoms with Crippen molar-refractivity contribution in [2.45, 2.75) is 50.8 Å². The van der Waals surface area contributed by atoms with Crippen molar-refractivity contribution in [2.75, 3.05) is 12.0 Å². The summed E-state index contributed by atoms with van der Waals surface area (Å²) in [4.78, 5) is 32.0. The molecule has 0 spiro atoms. The van der Waals surface area contributed by atoms with Crippen molar-refractivity contribution in [2.24, 2.45) is 0 Å². The zero-order chi connectivity index (χ0) is 27.4. The van der Waals surface area contributed by atoms with E-state index in [0.717, 1.165) is 18.9 Å². The van der Waals surface area contributed by atoms with Crippen LogP contribution in [-0.4, -0.2) is 47.4 Å². The SMILES string of the molecule is COC(=O)c1cc(F)c2nc(N3[C@@H]4CC[C@H]3C[C@@H](OC(=O)c3c(-c5c(Cl)cccc5Cl)noc3C)C4)sc2c1. The molecule has 2 aromatic heterocycles. The molecule has 2 bridgehead atoms. The Labute approximate surface area is 236 Å². The predicted molar refractivity (Wildman–Crippen MR) is 145 cm³/mol. The van der Waals surface area contributed by atoms with Gasteiger partial charge in [-0.2, -0.15) is 0 Å². The zero-order valence-electron chi connectivity index (χ0n) is 20.9. The summed E-state index contributed by atoms with van der Waals surface area (Å²) in [5, 5.41) is 5.43. The van der Waals surface area contributed by atoms with Crippen LogP contribution < -0.4 is 4.90 Å². The highest BCUT2D eigenvalue weighted by Crippen LogP contribution is 2.44. The topological polar surface area (TPSA) is 94.8 Å². The number of rotatable bonds is 5. The number of thiazole rings is 1. The molecule has 0 N–H and O–H groups in total. The lowest BCUT2D eigenvalue weighted by molar-refractivity contribution is 0.0203. The molecule has 2 aliphatic heterocycles. The van der Waals surface area contributed by atoms with Crippen molar-refractivity contribution >= 4 is 61.8 Å². The predicted octanol–water partition coefficient (Wildman–Crippen LogP) is 6.85. The molecule has 0 unspecified atom stereocenters. The Kier molecular flexibility index (Phi) is 6.73. The third kappa shape index (κ3) is 4.54. The zero-order valence-corrected chi connectivity index (χ0v) is 23.2. The van der Waals surface area contributed by atoms with Crippen LogP contribution in [0.5, 0.6) is 0 Å². The molecular formula is C27H22Cl2FN3O5S. The lowest BCUT2D eigenvalue weighted by Crippen LogP contribution is -2.46. The van der Waals surface area contributed by atoms with Gasteiger partial charge < -0.3 is 18.9 Å². The van der Waals surface area contributed by atoms with Gasteiger partial charge in [0.2, 0.25) is 0 Å². The number of methoxy groups -OCH3 is 1. The van der Waals surface area contributed by atoms with Gasteiger partial charge in [0.15, 0.2) is 10.9 Å². The van der Waals surface area contributed by atoms with E-state index in [1.807, 2.05) is 0 Å². The number of halogens is 3. The molecule has 3 atom stereocenters. The Morgan fingerprint density at radius 3 is 2.49 bits per heavy atom. The van der Waals surface area contributed by atoms with E-state index in [1.165, 1.54) is 18.4 Å². The molecule has 0 amide bonds. The lowest BCUT2D eigenvalue weighted by Gasteiger charge is -2.38. The lowest BCUT2D eigenvalue weighted by atomic mass is 10.00. The number of esters is 2. The molecule has 2 saturated heterocycles. The number of benzene rings is 2. The van der Waals surface area contributed by atoms with Crippen molar-refractivity contribution in [3.05, 3.63) is 63.1 Å². The first-order valence-electron chi connectivity index (χ1n) is 12.3. The summed E-state index contributed by atoms with van der Waals surface area (Å²) in [6.07, 6.45) is 2.67. The van der Waals surface area contributed by atoms with E-state index in [1.54, 1.807) is 31.2 Å². The Morgan fingerprint density at radius 1 is 1.13 bits per heavy atom. The summed E-state index contributed by atoms with van der Waals surface area (Å²) in [6.45, 7) is 1.64. The average Bonchev–Trinajstić information content (AvgIpc) is 3.57. The molecule has 8 nitrogen and oxygen atoms in total. The summed E-state index contributed by atoms with van der Waals surface area (Å²) in [7, 11) is 1.26. The van der Waals surface area contributed by atoms with Gasteiger partial charge in [-0.15, -0.1) is 0 Å². The van der Waals surface area contributed by atoms with Crippen LogP contribution in [0.15, 0.2) is 34.9 Å². The second-order valence-electron chi connectivity index (χ2n) is 9.64. The maximum atomic E-state index is 14.7. The number of hydrogen-bond donors (Lipinski definition) is 0. The fourth-order valence-corrected chi connectivity index (χ4v) is 7.32. The Hall–Kier alpha value is -3.21. The Balaban J connectivity index is 1.22. The van der Waals surface area contributed by atoms with Crippen molar-refractivity contribution in [1.29, 1.82) is 0 Å². The largest absolute Gasteiger partial charge is 0.465 e. The van der Waals surface area contributed by atoms with Crippen LogP contribution in [0.4, 0.5) is 9.52 Å². The molecule has 39 heavy (non-hydrogen) atoms. The van der Waals surface area contributed by atoms with Crippen LogP contribution in [-0.2, 0) is 9.47 Å². The molecule has 4 aromatic rings. The number of anilines is 1. The van der Waals surface area contributed by atoms with Gasteiger partial charge in [-0.3, -0.25) is 0 Å². The number of fused-ring (bicyclic) bond motifs is 3. The summed E-state index contributed by atoms with van der Waals surface area (Å²) in [6, 6.07) is 7.94. The molecular weight excluding hydrogens is 568 g/mol. The van der Waals surface area contributed by atoms with Crippen LogP contribution in [0.1, 0.15) is 52.2 Å². The molecule has 2 aliphatic rings. The number of ether oxygens (including phenoxy) is 2. The van der Waals surface area contributed by atoms with Gasteiger partial charge in [-0.1, -0.05) is 45.8 Å². The molecule has 202 valence electrons. The fraction of sp³-hybridized carbons (Fsp3) is 0.333. The van der Waals surface area contributed by atoms with E-state index in [2.05, 4.69) is 15.0 Å². The van der Waals surface area contributed by atoms with E-state index in [0.29, 0.717) is 44.0 Å². The van der Waals surface area contributed by atoms with E-state index < -0.39 is 17.8 Å². The number of aromatic nitrogens is 2. The van der Waals surface area contributed by atoms with Crippen molar-refractivity contribution in [1.82, 2.24) is 10.1 Å². The highest BCUT2D eigenvalue weighted by molar-refractivity contribution is 7.22. The second kappa shape index (κ2) is 10.1. The number of nitrogens with zero attached hydrogens (tertiary/aromatic N) is 3. The van der Waals surface area contributed by atoms with Crippen LogP contribution >= 0.6 is 34.5 Å². The fourth-order valence-electron chi connectivity index (χ4n) is 5.58. The van der Waals surface area contributed by atoms with Crippen molar-refractivity contribution in [3.63, 3.8) is 0 Å². The monoisotopic (exact) mass is 589 g/mol. The summed E-state index contributed by atoms with van der Waals surface area (Å²) < 4.78 is 31.4. The molecule has 0 radical (unpaired) electrons. The van der Waals surface area contributed by atoms with E-state index >= 15 is 0 Å². The molecule has 0 saturated carbocycles. The second-order valence-corrected chi connectivity index (χ2v) is 11.5. The van der Waals surface area contributed by atoms with Gasteiger partial charge in [0.25, 0.3) is 0 Å². The highest BCUT2D eigenvalue weighted by atomic mass is 35.5. The minimum absolute atomic E-state index is 0.0753. The molecule has 12 heteroatoms. The third-order valence-electron chi connectivity index (χ3n) is 7.31. The van der Waals surface area contributed by atoms with Gasteiger partial charge in [-0.05, 0) is 44.0 Å². The smallest absolute Gasteiger partial charge is 0.344 e. The Morgan fingerprint density at radius 2 is 1.82 bits per heavy atom. The number of piperidine rings is 1. The first kappa shape index (κ1) is 26.0. The van der Waals surface area contributed by atoms with Gasteiger partial charge >= 0.3 is 11.9 Å². The minimum Gasteiger partial charge on any atom is -0.465 e. The quantitative estimate of drug-likeness (QED) is 0.233. The van der Waals surface area contributed by atoms with E-state index in [9.17, 15) is 14.0 Å². The first-order valence-corrected chi connectivity index (χ1v) is 13.9. The van der Waals surface area contributed by atoms with Crippen LogP contribution in [0.2, 0.25) is 10.0 Å². The standard InChI is InChI=1S/C27H22Cl2FN3O5S/c1-12-21(24(32-38-12)22-17(28)4-3-5-18(22)29)26(35)37-16-10-14-6-7-15(11-16)33(14)27-31-23-19(30)8-13(25(34)36-2)9-20(23)39-27/h3-5,8-9,14-16H,6-7,10-11H2,1-2H3/t14-,15+,16+. The minimum atomic E-state index is -0.600. The van der Waals surface area contributed by atoms with E-state index in [4.69, 9.17) is 37.2 Å². The summed E-state index contributed by atoms with van der Waals surface area (Å²) in [5.41, 5.74) is 1.23. The van der Waals surface area contributed by atoms with Crippen LogP contribution in [0.25, 0.3) is 21.5 Å². The maximum absolute atomic E-state index is 14.7. The number of aryl methyl sites for hydroxylation is 1. The van der Waals surface area contributed by atoms with Crippen LogP contribution in [0, 0.1) is 12.7 Å². The third-order valence-corrected chi connectivity index (χ3v) is 8.95. The molecule has 4 heterocycles. The van der Waals surface area contributed by atoms with Gasteiger partial charge in [0.05, 0.1) is 27.4 Å². The first-order chi connectivity index (χ1) is 18.7. The van der Waals surface area contributed by atoms with Crippen molar-refractivity contribution < 1.29 is 28.0 Å². The molecule has 6 rings (SSSR count). The average molecular weight is 590 g/mol. The molecule has 0 aliphatic carbocycles. The normalized spacial score (nSPS) is 20.4. The summed E-state index contributed by atoms with van der Waals surface area (Å²) >= 11 is 14.1. The Bertz CT molecular complexity index is 1590. The van der Waals surface area contributed by atoms with E-state index in [-0.39, 0.29) is 40.5 Å². The number of carbonyl (C=O) groups is 2. The highest BCUT2D eigenvalue weighted by Gasteiger charge is 2.44. The van der Waals surface area contributed by atoms with Gasteiger partial charge in [-0.25, -0.2) is 19.0 Å². The number of carbonyl (C=O) groups excluding carboxylic acids is 2. The van der Waals surface area contributed by atoms with Crippen molar-refractivity contribution in [3.8, 4) is 11.3 Å². The van der Waals surface area contributed by atoms with Crippen LogP contribution in [0.3, 0.4) is 0 Å². The molecule has 2 aromatic carbocycles. The number of hydrogen-bond acceptors (Lipinski definition) is 9.